The van der Waals surface area contributed by atoms with Gasteiger partial charge in [-0.25, -0.2) is 0 Å². The Morgan fingerprint density at radius 1 is 1.65 bits per heavy atom. The van der Waals surface area contributed by atoms with Gasteiger partial charge in [0.25, 0.3) is 0 Å². The Kier molecular flexibility index (Phi) is 7.32. The third-order valence-corrected chi connectivity index (χ3v) is 4.48. The van der Waals surface area contributed by atoms with Crippen molar-refractivity contribution in [1.82, 2.24) is 5.32 Å². The van der Waals surface area contributed by atoms with E-state index in [-0.39, 0.29) is 12.5 Å². The molecule has 0 fully saturated rings. The van der Waals surface area contributed by atoms with Gasteiger partial charge < -0.3 is 10.4 Å². The molecule has 0 saturated heterocycles. The molecule has 1 atom stereocenters. The van der Waals surface area contributed by atoms with Gasteiger partial charge in [0, 0.05) is 23.3 Å². The van der Waals surface area contributed by atoms with E-state index in [1.54, 1.807) is 23.1 Å². The van der Waals surface area contributed by atoms with Crippen LogP contribution in [0.4, 0.5) is 0 Å². The first-order valence-corrected chi connectivity index (χ1v) is 7.66. The zero-order chi connectivity index (χ0) is 12.5. The number of thiophene rings is 1. The average Bonchev–Trinajstić information content (AvgIpc) is 2.80. The molecule has 1 aromatic rings. The number of hydrogen-bond donors (Lipinski definition) is 2. The maximum atomic E-state index is 11.5. The fourth-order valence-electron chi connectivity index (χ4n) is 1.31. The largest absolute Gasteiger partial charge is 0.396 e. The lowest BCUT2D eigenvalue weighted by Crippen LogP contribution is -2.27. The third kappa shape index (κ3) is 6.71. The van der Waals surface area contributed by atoms with Crippen molar-refractivity contribution >= 4 is 29.0 Å². The molecule has 0 aliphatic rings. The van der Waals surface area contributed by atoms with Gasteiger partial charge in [-0.1, -0.05) is 13.0 Å². The van der Waals surface area contributed by atoms with Gasteiger partial charge in [-0.15, -0.1) is 23.1 Å². The first kappa shape index (κ1) is 14.5. The minimum atomic E-state index is 0.0799. The molecule has 2 N–H and O–H groups in total. The molecule has 0 spiro atoms. The highest BCUT2D eigenvalue weighted by Gasteiger charge is 2.06. The minimum absolute atomic E-state index is 0.0799. The zero-order valence-corrected chi connectivity index (χ0v) is 11.6. The number of rotatable bonds is 8. The van der Waals surface area contributed by atoms with Crippen molar-refractivity contribution < 1.29 is 9.90 Å². The quantitative estimate of drug-likeness (QED) is 0.761. The molecule has 1 rings (SSSR count). The number of hydrogen-bond acceptors (Lipinski definition) is 4. The molecule has 0 aliphatic heterocycles. The molecule has 5 heteroatoms. The van der Waals surface area contributed by atoms with Crippen LogP contribution in [0.25, 0.3) is 0 Å². The molecule has 0 bridgehead atoms. The number of carbonyl (C=O) groups is 1. The summed E-state index contributed by atoms with van der Waals surface area (Å²) in [6.45, 7) is 2.92. The number of carbonyl (C=O) groups excluding carboxylic acids is 1. The van der Waals surface area contributed by atoms with Crippen LogP contribution in [0.5, 0.6) is 0 Å². The Morgan fingerprint density at radius 2 is 2.47 bits per heavy atom. The summed E-state index contributed by atoms with van der Waals surface area (Å²) in [5.74, 6) is 0.558. The van der Waals surface area contributed by atoms with Crippen molar-refractivity contribution in [3.05, 3.63) is 22.4 Å². The monoisotopic (exact) mass is 273 g/mol. The summed E-state index contributed by atoms with van der Waals surface area (Å²) in [7, 11) is 0. The standard InChI is InChI=1S/C12H19NO2S2/c1-10(5-7-14)17-9-12(15)13-6-4-11-3-2-8-16-11/h2-3,8,10,14H,4-7,9H2,1H3,(H,13,15). The smallest absolute Gasteiger partial charge is 0.230 e. The van der Waals surface area contributed by atoms with Crippen molar-refractivity contribution in [2.24, 2.45) is 0 Å². The highest BCUT2D eigenvalue weighted by molar-refractivity contribution is 8.00. The van der Waals surface area contributed by atoms with Crippen LogP contribution in [0, 0.1) is 0 Å². The Balaban J connectivity index is 2.05. The number of thioether (sulfide) groups is 1. The van der Waals surface area contributed by atoms with Gasteiger partial charge in [-0.05, 0) is 24.3 Å². The van der Waals surface area contributed by atoms with Crippen LogP contribution in [0.3, 0.4) is 0 Å². The molecule has 0 radical (unpaired) electrons. The molecule has 0 aliphatic carbocycles. The van der Waals surface area contributed by atoms with Crippen molar-refractivity contribution in [1.29, 1.82) is 0 Å². The second-order valence-electron chi connectivity index (χ2n) is 3.81. The lowest BCUT2D eigenvalue weighted by molar-refractivity contribution is -0.118. The average molecular weight is 273 g/mol. The van der Waals surface area contributed by atoms with Gasteiger partial charge >= 0.3 is 0 Å². The van der Waals surface area contributed by atoms with Gasteiger partial charge in [0.15, 0.2) is 0 Å². The molecular weight excluding hydrogens is 254 g/mol. The van der Waals surface area contributed by atoms with Crippen LogP contribution in [-0.4, -0.2) is 35.2 Å². The lowest BCUT2D eigenvalue weighted by atomic mass is 10.3. The lowest BCUT2D eigenvalue weighted by Gasteiger charge is -2.09. The van der Waals surface area contributed by atoms with Gasteiger partial charge in [-0.2, -0.15) is 0 Å². The number of amides is 1. The van der Waals surface area contributed by atoms with E-state index < -0.39 is 0 Å². The molecule has 1 unspecified atom stereocenters. The molecule has 1 amide bonds. The normalized spacial score (nSPS) is 12.4. The van der Waals surface area contributed by atoms with Crippen LogP contribution in [0.2, 0.25) is 0 Å². The summed E-state index contributed by atoms with van der Waals surface area (Å²) in [5, 5.41) is 14.0. The Labute approximate surface area is 111 Å². The number of aliphatic hydroxyl groups excluding tert-OH is 1. The Hall–Kier alpha value is -0.520. The van der Waals surface area contributed by atoms with E-state index in [1.807, 2.05) is 18.4 Å². The first-order chi connectivity index (χ1) is 8.22. The van der Waals surface area contributed by atoms with E-state index in [4.69, 9.17) is 5.11 Å². The summed E-state index contributed by atoms with van der Waals surface area (Å²) in [6, 6.07) is 4.10. The summed E-state index contributed by atoms with van der Waals surface area (Å²) in [4.78, 5) is 12.8. The van der Waals surface area contributed by atoms with Crippen molar-refractivity contribution in [2.75, 3.05) is 18.9 Å². The minimum Gasteiger partial charge on any atom is -0.396 e. The number of nitrogens with one attached hydrogen (secondary N) is 1. The fourth-order valence-corrected chi connectivity index (χ4v) is 2.83. The third-order valence-electron chi connectivity index (χ3n) is 2.31. The van der Waals surface area contributed by atoms with Crippen molar-refractivity contribution in [2.45, 2.75) is 25.0 Å². The Morgan fingerprint density at radius 3 is 3.12 bits per heavy atom. The van der Waals surface area contributed by atoms with E-state index in [0.717, 1.165) is 12.8 Å². The first-order valence-electron chi connectivity index (χ1n) is 5.74. The second-order valence-corrected chi connectivity index (χ2v) is 6.27. The summed E-state index contributed by atoms with van der Waals surface area (Å²) < 4.78 is 0. The summed E-state index contributed by atoms with van der Waals surface area (Å²) >= 11 is 3.30. The zero-order valence-electron chi connectivity index (χ0n) is 10.0. The molecular formula is C12H19NO2S2. The fraction of sp³-hybridized carbons (Fsp3) is 0.583. The van der Waals surface area contributed by atoms with Crippen LogP contribution in [0.1, 0.15) is 18.2 Å². The van der Waals surface area contributed by atoms with Crippen LogP contribution in [-0.2, 0) is 11.2 Å². The SMILES string of the molecule is CC(CCO)SCC(=O)NCCc1cccs1. The van der Waals surface area contributed by atoms with Crippen molar-refractivity contribution in [3.8, 4) is 0 Å². The molecule has 96 valence electrons. The molecule has 0 saturated carbocycles. The van der Waals surface area contributed by atoms with E-state index in [2.05, 4.69) is 11.4 Å². The van der Waals surface area contributed by atoms with E-state index in [0.29, 0.717) is 17.5 Å². The van der Waals surface area contributed by atoms with Crippen LogP contribution < -0.4 is 5.32 Å². The van der Waals surface area contributed by atoms with Crippen LogP contribution >= 0.6 is 23.1 Å². The van der Waals surface area contributed by atoms with Gasteiger partial charge in [0.1, 0.15) is 0 Å². The second kappa shape index (κ2) is 8.55. The van der Waals surface area contributed by atoms with E-state index in [9.17, 15) is 4.79 Å². The predicted octanol–water partition coefficient (Wildman–Crippen LogP) is 1.91. The topological polar surface area (TPSA) is 49.3 Å². The molecule has 0 aromatic carbocycles. The van der Waals surface area contributed by atoms with Crippen molar-refractivity contribution in [3.63, 3.8) is 0 Å². The summed E-state index contributed by atoms with van der Waals surface area (Å²) in [6.07, 6.45) is 1.65. The summed E-state index contributed by atoms with van der Waals surface area (Å²) in [5.41, 5.74) is 0. The van der Waals surface area contributed by atoms with Crippen LogP contribution in [0.15, 0.2) is 17.5 Å². The molecule has 3 nitrogen and oxygen atoms in total. The van der Waals surface area contributed by atoms with E-state index >= 15 is 0 Å². The van der Waals surface area contributed by atoms with E-state index in [1.165, 1.54) is 4.88 Å². The Bertz CT molecular complexity index is 314. The molecule has 17 heavy (non-hydrogen) atoms. The number of aliphatic hydroxyl groups is 1. The highest BCUT2D eigenvalue weighted by atomic mass is 32.2. The maximum absolute atomic E-state index is 11.5. The molecule has 1 heterocycles. The van der Waals surface area contributed by atoms with Gasteiger partial charge in [0.2, 0.25) is 5.91 Å². The van der Waals surface area contributed by atoms with Gasteiger partial charge in [0.05, 0.1) is 5.75 Å². The maximum Gasteiger partial charge on any atom is 0.230 e. The highest BCUT2D eigenvalue weighted by Crippen LogP contribution is 2.13. The molecule has 1 aromatic heterocycles. The predicted molar refractivity (Wildman–Crippen MR) is 74.7 cm³/mol. The van der Waals surface area contributed by atoms with Gasteiger partial charge in [-0.3, -0.25) is 4.79 Å².